The summed E-state index contributed by atoms with van der Waals surface area (Å²) in [5.74, 6) is -7.40. The van der Waals surface area contributed by atoms with Crippen molar-refractivity contribution in [2.24, 2.45) is 0 Å². The lowest BCUT2D eigenvalue weighted by Crippen LogP contribution is -2.22. The van der Waals surface area contributed by atoms with E-state index in [4.69, 9.17) is 9.47 Å². The summed E-state index contributed by atoms with van der Waals surface area (Å²) in [5, 5.41) is 33.5. The van der Waals surface area contributed by atoms with Crippen molar-refractivity contribution in [3.05, 3.63) is 128 Å². The van der Waals surface area contributed by atoms with Gasteiger partial charge in [-0.05, 0) is 30.7 Å². The second-order valence-electron chi connectivity index (χ2n) is 9.58. The molecular formula is C33H27NO10. The van der Waals surface area contributed by atoms with Crippen molar-refractivity contribution in [1.82, 2.24) is 0 Å². The Labute approximate surface area is 251 Å². The first-order valence-electron chi connectivity index (χ1n) is 13.6. The van der Waals surface area contributed by atoms with E-state index < -0.39 is 62.4 Å². The number of ether oxygens (including phenoxy) is 2. The first-order valence-corrected chi connectivity index (χ1v) is 13.6. The SMILES string of the molecule is CCCCCOC(=O)c1c(C(=O)c2ccccc2)c(O)c(O)c(OC(=O)c2ccccc2)c1C(=O)c1ccc([N+](=O)[O-])cc1. The largest absolute Gasteiger partial charge is 0.504 e. The Hall–Kier alpha value is -5.84. The number of nitro benzene ring substituents is 1. The minimum absolute atomic E-state index is 0.00463. The van der Waals surface area contributed by atoms with Gasteiger partial charge in [0.2, 0.25) is 5.75 Å². The molecule has 0 amide bonds. The molecule has 4 aromatic carbocycles. The van der Waals surface area contributed by atoms with E-state index in [9.17, 15) is 39.5 Å². The van der Waals surface area contributed by atoms with Crippen molar-refractivity contribution in [3.63, 3.8) is 0 Å². The van der Waals surface area contributed by atoms with Crippen LogP contribution in [0.1, 0.15) is 78.7 Å². The number of nitro groups is 1. The average Bonchev–Trinajstić information content (AvgIpc) is 3.05. The van der Waals surface area contributed by atoms with Crippen LogP contribution in [0.25, 0.3) is 0 Å². The Morgan fingerprint density at radius 1 is 0.682 bits per heavy atom. The summed E-state index contributed by atoms with van der Waals surface area (Å²) >= 11 is 0. The highest BCUT2D eigenvalue weighted by Crippen LogP contribution is 2.46. The van der Waals surface area contributed by atoms with E-state index in [1.807, 2.05) is 6.92 Å². The van der Waals surface area contributed by atoms with Crippen LogP contribution in [0, 0.1) is 10.1 Å². The number of nitrogens with zero attached hydrogens (tertiary/aromatic N) is 1. The topological polar surface area (TPSA) is 170 Å². The van der Waals surface area contributed by atoms with Crippen LogP contribution in [0.2, 0.25) is 0 Å². The lowest BCUT2D eigenvalue weighted by molar-refractivity contribution is -0.384. The quantitative estimate of drug-likeness (QED) is 0.0373. The van der Waals surface area contributed by atoms with Gasteiger partial charge in [0.05, 0.1) is 33.8 Å². The van der Waals surface area contributed by atoms with Crippen LogP contribution < -0.4 is 4.74 Å². The van der Waals surface area contributed by atoms with Gasteiger partial charge < -0.3 is 19.7 Å². The van der Waals surface area contributed by atoms with Crippen LogP contribution in [0.3, 0.4) is 0 Å². The fraction of sp³-hybridized carbons (Fsp3) is 0.152. The average molecular weight is 598 g/mol. The van der Waals surface area contributed by atoms with Crippen LogP contribution in [-0.4, -0.2) is 45.2 Å². The van der Waals surface area contributed by atoms with E-state index >= 15 is 0 Å². The molecule has 0 saturated carbocycles. The summed E-state index contributed by atoms with van der Waals surface area (Å²) in [6, 6.07) is 19.3. The zero-order chi connectivity index (χ0) is 31.8. The molecule has 4 rings (SSSR count). The van der Waals surface area contributed by atoms with Gasteiger partial charge in [-0.3, -0.25) is 19.7 Å². The van der Waals surface area contributed by atoms with Gasteiger partial charge >= 0.3 is 11.9 Å². The zero-order valence-electron chi connectivity index (χ0n) is 23.5. The first-order chi connectivity index (χ1) is 21.1. The molecular weight excluding hydrogens is 570 g/mol. The second kappa shape index (κ2) is 13.9. The molecule has 11 heteroatoms. The van der Waals surface area contributed by atoms with Gasteiger partial charge in [0.15, 0.2) is 23.1 Å². The summed E-state index contributed by atoms with van der Waals surface area (Å²) < 4.78 is 10.8. The third kappa shape index (κ3) is 6.62. The number of phenols is 2. The van der Waals surface area contributed by atoms with E-state index in [2.05, 4.69) is 0 Å². The fourth-order valence-electron chi connectivity index (χ4n) is 4.37. The molecule has 4 aromatic rings. The summed E-state index contributed by atoms with van der Waals surface area (Å²) in [6.45, 7) is 1.84. The van der Waals surface area contributed by atoms with Gasteiger partial charge in [0.1, 0.15) is 0 Å². The normalized spacial score (nSPS) is 10.6. The lowest BCUT2D eigenvalue weighted by atomic mass is 9.88. The van der Waals surface area contributed by atoms with Gasteiger partial charge in [-0.1, -0.05) is 68.3 Å². The molecule has 0 aliphatic heterocycles. The number of benzene rings is 4. The fourth-order valence-corrected chi connectivity index (χ4v) is 4.37. The highest BCUT2D eigenvalue weighted by atomic mass is 16.6. The summed E-state index contributed by atoms with van der Waals surface area (Å²) in [6.07, 6.45) is 1.97. The van der Waals surface area contributed by atoms with Crippen LogP contribution in [0.5, 0.6) is 17.2 Å². The summed E-state index contributed by atoms with van der Waals surface area (Å²) in [7, 11) is 0. The molecule has 0 spiro atoms. The number of aromatic hydroxyl groups is 2. The third-order valence-corrected chi connectivity index (χ3v) is 6.62. The van der Waals surface area contributed by atoms with E-state index in [1.54, 1.807) is 12.1 Å². The van der Waals surface area contributed by atoms with Gasteiger partial charge in [-0.2, -0.15) is 0 Å². The number of esters is 2. The molecule has 0 aliphatic rings. The monoisotopic (exact) mass is 597 g/mol. The van der Waals surface area contributed by atoms with Gasteiger partial charge in [-0.25, -0.2) is 9.59 Å². The summed E-state index contributed by atoms with van der Waals surface area (Å²) in [5.41, 5.74) is -2.78. The summed E-state index contributed by atoms with van der Waals surface area (Å²) in [4.78, 5) is 65.1. The molecule has 44 heavy (non-hydrogen) atoms. The van der Waals surface area contributed by atoms with Crippen molar-refractivity contribution in [2.45, 2.75) is 26.2 Å². The number of hydrogen-bond donors (Lipinski definition) is 2. The lowest BCUT2D eigenvalue weighted by Gasteiger charge is -2.20. The molecule has 0 heterocycles. The van der Waals surface area contributed by atoms with E-state index in [0.717, 1.165) is 30.7 Å². The number of non-ortho nitro benzene ring substituents is 1. The Morgan fingerprint density at radius 3 is 1.80 bits per heavy atom. The van der Waals surface area contributed by atoms with Crippen LogP contribution in [0.15, 0.2) is 84.9 Å². The van der Waals surface area contributed by atoms with Crippen molar-refractivity contribution in [3.8, 4) is 17.2 Å². The van der Waals surface area contributed by atoms with Gasteiger partial charge in [-0.15, -0.1) is 0 Å². The van der Waals surface area contributed by atoms with Crippen molar-refractivity contribution < 1.29 is 43.8 Å². The molecule has 0 radical (unpaired) electrons. The van der Waals surface area contributed by atoms with Crippen molar-refractivity contribution in [2.75, 3.05) is 6.61 Å². The maximum Gasteiger partial charge on any atom is 0.343 e. The minimum Gasteiger partial charge on any atom is -0.504 e. The Kier molecular flexibility index (Phi) is 9.81. The number of ketones is 2. The number of unbranched alkanes of at least 4 members (excludes halogenated alkanes) is 2. The molecule has 0 aliphatic carbocycles. The third-order valence-electron chi connectivity index (χ3n) is 6.62. The molecule has 0 unspecified atom stereocenters. The first kappa shape index (κ1) is 31.1. The molecule has 224 valence electrons. The van der Waals surface area contributed by atoms with Gasteiger partial charge in [0, 0.05) is 23.3 Å². The molecule has 0 atom stereocenters. The molecule has 0 saturated heterocycles. The Morgan fingerprint density at radius 2 is 1.23 bits per heavy atom. The minimum atomic E-state index is -1.20. The number of carbonyl (C=O) groups is 4. The zero-order valence-corrected chi connectivity index (χ0v) is 23.5. The predicted octanol–water partition coefficient (Wildman–Crippen LogP) is 6.03. The maximum atomic E-state index is 14.1. The smallest absolute Gasteiger partial charge is 0.343 e. The standard InChI is InChI=1S/C33H27NO10/c1-2-3-10-19-43-33(40)24-25(27(35)20-11-6-4-7-12-20)29(37)30(38)31(44-32(39)22-13-8-5-9-14-22)26(24)28(36)21-15-17-23(18-16-21)34(41)42/h4-9,11-18,37-38H,2-3,10,19H2,1H3. The van der Waals surface area contributed by atoms with Crippen LogP contribution in [0.4, 0.5) is 5.69 Å². The van der Waals surface area contributed by atoms with E-state index in [-0.39, 0.29) is 29.0 Å². The molecule has 0 fully saturated rings. The van der Waals surface area contributed by atoms with Crippen LogP contribution >= 0.6 is 0 Å². The molecule has 11 nitrogen and oxygen atoms in total. The van der Waals surface area contributed by atoms with Crippen molar-refractivity contribution in [1.29, 1.82) is 0 Å². The Balaban J connectivity index is 2.01. The second-order valence-corrected chi connectivity index (χ2v) is 9.58. The number of phenolic OH excluding ortho intramolecular Hbond substituents is 2. The van der Waals surface area contributed by atoms with E-state index in [1.165, 1.54) is 48.5 Å². The number of hydrogen-bond acceptors (Lipinski definition) is 10. The maximum absolute atomic E-state index is 14.1. The van der Waals surface area contributed by atoms with E-state index in [0.29, 0.717) is 12.8 Å². The molecule has 0 bridgehead atoms. The van der Waals surface area contributed by atoms with Gasteiger partial charge in [0.25, 0.3) is 5.69 Å². The predicted molar refractivity (Wildman–Crippen MR) is 157 cm³/mol. The van der Waals surface area contributed by atoms with Crippen molar-refractivity contribution >= 4 is 29.2 Å². The highest BCUT2D eigenvalue weighted by molar-refractivity contribution is 6.24. The molecule has 2 N–H and O–H groups in total. The molecule has 0 aromatic heterocycles. The number of carbonyl (C=O) groups excluding carboxylic acids is 4. The Bertz CT molecular complexity index is 1720. The van der Waals surface area contributed by atoms with Crippen LogP contribution in [-0.2, 0) is 4.74 Å². The number of rotatable bonds is 12. The highest BCUT2D eigenvalue weighted by Gasteiger charge is 2.37.